The average molecular weight is 383 g/mol. The van der Waals surface area contributed by atoms with Gasteiger partial charge in [0, 0.05) is 57.5 Å². The second-order valence-electron chi connectivity index (χ2n) is 7.57. The van der Waals surface area contributed by atoms with E-state index in [1.165, 1.54) is 10.6 Å². The van der Waals surface area contributed by atoms with E-state index in [1.54, 1.807) is 30.5 Å². The monoisotopic (exact) mass is 383 g/mol. The van der Waals surface area contributed by atoms with Crippen molar-refractivity contribution in [3.8, 4) is 0 Å². The first-order valence-electron chi connectivity index (χ1n) is 9.75. The summed E-state index contributed by atoms with van der Waals surface area (Å²) in [4.78, 5) is 48.7. The molecule has 4 rings (SSSR count). The third kappa shape index (κ3) is 2.83. The summed E-state index contributed by atoms with van der Waals surface area (Å²) >= 11 is 0. The second-order valence-corrected chi connectivity index (χ2v) is 7.57. The minimum absolute atomic E-state index is 0.0862. The molecule has 0 unspecified atom stereocenters. The highest BCUT2D eigenvalue weighted by Gasteiger charge is 2.48. The molecule has 0 aliphatic carbocycles. The van der Waals surface area contributed by atoms with E-state index in [-0.39, 0.29) is 17.4 Å². The number of carbonyl (C=O) groups is 2. The third-order valence-corrected chi connectivity index (χ3v) is 6.08. The molecule has 0 atom stereocenters. The molecule has 1 N–H and O–H groups in total. The first-order valence-corrected chi connectivity index (χ1v) is 9.75. The zero-order valence-corrected chi connectivity index (χ0v) is 16.3. The summed E-state index contributed by atoms with van der Waals surface area (Å²) in [7, 11) is 1.64. The Bertz CT molecular complexity index is 968. The molecule has 148 valence electrons. The predicted octanol–water partition coefficient (Wildman–Crippen LogP) is 1.03. The zero-order chi connectivity index (χ0) is 19.9. The van der Waals surface area contributed by atoms with Crippen LogP contribution in [0.2, 0.25) is 0 Å². The fourth-order valence-electron chi connectivity index (χ4n) is 4.52. The van der Waals surface area contributed by atoms with Crippen LogP contribution < -0.4 is 5.56 Å². The molecule has 28 heavy (non-hydrogen) atoms. The number of pyridine rings is 1. The third-order valence-electron chi connectivity index (χ3n) is 6.08. The van der Waals surface area contributed by atoms with Crippen molar-refractivity contribution >= 4 is 11.8 Å². The number of piperidine rings is 1. The van der Waals surface area contributed by atoms with Crippen LogP contribution >= 0.6 is 0 Å². The Kier molecular flexibility index (Phi) is 4.56. The fourth-order valence-corrected chi connectivity index (χ4v) is 4.52. The number of aryl methyl sites for hydroxylation is 1. The number of carbonyl (C=O) groups excluding carboxylic acids is 2. The lowest BCUT2D eigenvalue weighted by molar-refractivity contribution is -0.141. The summed E-state index contributed by atoms with van der Waals surface area (Å²) in [6, 6.07) is 2.99. The number of hydrogen-bond acceptors (Lipinski definition) is 4. The van der Waals surface area contributed by atoms with Gasteiger partial charge in [-0.15, -0.1) is 0 Å². The summed E-state index contributed by atoms with van der Waals surface area (Å²) in [5.41, 5.74) is 1.97. The minimum Gasteiger partial charge on any atom is -0.348 e. The van der Waals surface area contributed by atoms with Crippen LogP contribution in [0.1, 0.15) is 47.9 Å². The Labute approximate surface area is 163 Å². The highest BCUT2D eigenvalue weighted by Crippen LogP contribution is 2.42. The fraction of sp³-hybridized carbons (Fsp3) is 0.500. The topological polar surface area (TPSA) is 91.3 Å². The van der Waals surface area contributed by atoms with Crippen molar-refractivity contribution in [1.82, 2.24) is 24.3 Å². The number of nitrogens with one attached hydrogen (secondary N) is 1. The molecule has 1 spiro atoms. The first-order chi connectivity index (χ1) is 13.5. The Morgan fingerprint density at radius 3 is 2.64 bits per heavy atom. The van der Waals surface area contributed by atoms with E-state index < -0.39 is 5.54 Å². The van der Waals surface area contributed by atoms with E-state index in [0.29, 0.717) is 44.5 Å². The first kappa shape index (κ1) is 18.5. The molecular weight excluding hydrogens is 358 g/mol. The molecule has 0 bridgehead atoms. The quantitative estimate of drug-likeness (QED) is 0.839. The maximum Gasteiger partial charge on any atom is 0.255 e. The Morgan fingerprint density at radius 1 is 1.21 bits per heavy atom. The van der Waals surface area contributed by atoms with Gasteiger partial charge in [-0.3, -0.25) is 14.4 Å². The summed E-state index contributed by atoms with van der Waals surface area (Å²) in [5.74, 6) is 0.0448. The van der Waals surface area contributed by atoms with Gasteiger partial charge in [0.05, 0.1) is 23.1 Å². The molecule has 2 amide bonds. The van der Waals surface area contributed by atoms with Gasteiger partial charge in [-0.2, -0.15) is 0 Å². The van der Waals surface area contributed by atoms with Gasteiger partial charge in [0.25, 0.3) is 5.91 Å². The highest BCUT2D eigenvalue weighted by atomic mass is 16.2. The zero-order valence-electron chi connectivity index (χ0n) is 16.3. The molecule has 1 saturated heterocycles. The molecule has 1 fully saturated rings. The maximum atomic E-state index is 12.9. The lowest BCUT2D eigenvalue weighted by Gasteiger charge is -2.50. The standard InChI is InChI=1S/C20H25N5O3/c1-3-16(26)25-9-6-15-18(22-13-21-15)20(25)7-10-24(11-8-20)19(28)14-4-5-17(27)23(2)12-14/h4-5,12-13H,3,6-11H2,1-2H3,(H,21,22). The number of aromatic amines is 1. The Morgan fingerprint density at radius 2 is 1.96 bits per heavy atom. The van der Waals surface area contributed by atoms with Gasteiger partial charge in [0.15, 0.2) is 0 Å². The highest BCUT2D eigenvalue weighted by molar-refractivity contribution is 5.94. The number of aromatic nitrogens is 3. The molecule has 2 aromatic rings. The number of rotatable bonds is 2. The Hall–Kier alpha value is -2.90. The van der Waals surface area contributed by atoms with Crippen LogP contribution in [0.5, 0.6) is 0 Å². The minimum atomic E-state index is -0.443. The molecule has 2 aromatic heterocycles. The number of nitrogens with zero attached hydrogens (tertiary/aromatic N) is 4. The Balaban J connectivity index is 1.59. The maximum absolute atomic E-state index is 12.9. The number of likely N-dealkylation sites (tertiary alicyclic amines) is 1. The summed E-state index contributed by atoms with van der Waals surface area (Å²) in [6.07, 6.45) is 5.84. The van der Waals surface area contributed by atoms with Crippen LogP contribution in [0.3, 0.4) is 0 Å². The lowest BCUT2D eigenvalue weighted by Crippen LogP contribution is -2.58. The SMILES string of the molecule is CCC(=O)N1CCc2[nH]cnc2C12CCN(C(=O)c1ccc(=O)n(C)c1)CC2. The molecule has 0 saturated carbocycles. The number of amides is 2. The summed E-state index contributed by atoms with van der Waals surface area (Å²) in [6.45, 7) is 3.65. The van der Waals surface area contributed by atoms with Crippen LogP contribution in [0.25, 0.3) is 0 Å². The van der Waals surface area contributed by atoms with Gasteiger partial charge >= 0.3 is 0 Å². The molecular formula is C20H25N5O3. The smallest absolute Gasteiger partial charge is 0.255 e. The van der Waals surface area contributed by atoms with E-state index in [9.17, 15) is 14.4 Å². The molecule has 0 radical (unpaired) electrons. The van der Waals surface area contributed by atoms with Crippen molar-refractivity contribution in [2.45, 2.75) is 38.1 Å². The van der Waals surface area contributed by atoms with Crippen LogP contribution in [0.4, 0.5) is 0 Å². The van der Waals surface area contributed by atoms with E-state index in [4.69, 9.17) is 0 Å². The van der Waals surface area contributed by atoms with Gasteiger partial charge in [-0.1, -0.05) is 6.92 Å². The number of hydrogen-bond donors (Lipinski definition) is 1. The largest absolute Gasteiger partial charge is 0.348 e. The molecule has 8 nitrogen and oxygen atoms in total. The van der Waals surface area contributed by atoms with Gasteiger partial charge in [-0.05, 0) is 18.9 Å². The average Bonchev–Trinajstić information content (AvgIpc) is 3.20. The van der Waals surface area contributed by atoms with Crippen molar-refractivity contribution in [2.75, 3.05) is 19.6 Å². The van der Waals surface area contributed by atoms with Crippen molar-refractivity contribution < 1.29 is 9.59 Å². The lowest BCUT2D eigenvalue weighted by atomic mass is 9.78. The predicted molar refractivity (Wildman–Crippen MR) is 103 cm³/mol. The normalized spacial score (nSPS) is 18.2. The van der Waals surface area contributed by atoms with Gasteiger partial charge in [-0.25, -0.2) is 4.98 Å². The number of imidazole rings is 1. The van der Waals surface area contributed by atoms with E-state index in [1.807, 2.05) is 11.8 Å². The van der Waals surface area contributed by atoms with Crippen LogP contribution in [-0.4, -0.2) is 55.8 Å². The van der Waals surface area contributed by atoms with Gasteiger partial charge in [0.1, 0.15) is 0 Å². The van der Waals surface area contributed by atoms with Crippen molar-refractivity contribution in [3.05, 3.63) is 52.0 Å². The van der Waals surface area contributed by atoms with Crippen molar-refractivity contribution in [1.29, 1.82) is 0 Å². The molecule has 8 heteroatoms. The molecule has 0 aromatic carbocycles. The molecule has 4 heterocycles. The van der Waals surface area contributed by atoms with E-state index in [2.05, 4.69) is 9.97 Å². The molecule has 2 aliphatic heterocycles. The van der Waals surface area contributed by atoms with Crippen molar-refractivity contribution in [2.24, 2.45) is 7.05 Å². The van der Waals surface area contributed by atoms with Crippen LogP contribution in [0.15, 0.2) is 29.5 Å². The van der Waals surface area contributed by atoms with Crippen LogP contribution in [0, 0.1) is 0 Å². The second kappa shape index (κ2) is 6.92. The number of H-pyrrole nitrogens is 1. The summed E-state index contributed by atoms with van der Waals surface area (Å²) in [5, 5.41) is 0. The van der Waals surface area contributed by atoms with Crippen molar-refractivity contribution in [3.63, 3.8) is 0 Å². The van der Waals surface area contributed by atoms with E-state index >= 15 is 0 Å². The number of fused-ring (bicyclic) bond motifs is 2. The summed E-state index contributed by atoms with van der Waals surface area (Å²) < 4.78 is 1.41. The van der Waals surface area contributed by atoms with E-state index in [0.717, 1.165) is 17.8 Å². The van der Waals surface area contributed by atoms with Crippen LogP contribution in [-0.2, 0) is 23.8 Å². The van der Waals surface area contributed by atoms with Gasteiger partial charge in [0.2, 0.25) is 11.5 Å². The van der Waals surface area contributed by atoms with Gasteiger partial charge < -0.3 is 19.4 Å². The molecule has 2 aliphatic rings.